The Balaban J connectivity index is 2.39. The first-order chi connectivity index (χ1) is 12.2. The van der Waals surface area contributed by atoms with Gasteiger partial charge in [0.2, 0.25) is 0 Å². The molecule has 25 heavy (non-hydrogen) atoms. The lowest BCUT2D eigenvalue weighted by Crippen LogP contribution is -2.26. The molecule has 0 amide bonds. The number of carbonyl (C=O) groups is 1. The first kappa shape index (κ1) is 19.7. The number of aldehydes is 1. The van der Waals surface area contributed by atoms with Gasteiger partial charge in [-0.25, -0.2) is 0 Å². The van der Waals surface area contributed by atoms with Crippen molar-refractivity contribution in [2.45, 2.75) is 57.5 Å². The van der Waals surface area contributed by atoms with Gasteiger partial charge in [-0.05, 0) is 12.8 Å². The van der Waals surface area contributed by atoms with Crippen molar-refractivity contribution in [2.75, 3.05) is 0 Å². The minimum atomic E-state index is -2.77. The van der Waals surface area contributed by atoms with Crippen molar-refractivity contribution in [3.63, 3.8) is 0 Å². The molecule has 2 aromatic carbocycles. The summed E-state index contributed by atoms with van der Waals surface area (Å²) in [4.78, 5) is 11.0. The summed E-state index contributed by atoms with van der Waals surface area (Å²) in [5.41, 5.74) is 0.0272. The number of carbonyl (C=O) groups excluding carboxylic acids is 1. The van der Waals surface area contributed by atoms with E-state index < -0.39 is 7.14 Å². The van der Waals surface area contributed by atoms with E-state index >= 15 is 0 Å². The summed E-state index contributed by atoms with van der Waals surface area (Å²) < 4.78 is 14.4. The van der Waals surface area contributed by atoms with Gasteiger partial charge in [0.25, 0.3) is 0 Å². The van der Waals surface area contributed by atoms with Crippen molar-refractivity contribution in [2.24, 2.45) is 0 Å². The maximum atomic E-state index is 14.4. The third kappa shape index (κ3) is 5.16. The molecule has 0 bridgehead atoms. The van der Waals surface area contributed by atoms with E-state index in [-0.39, 0.29) is 5.66 Å². The quantitative estimate of drug-likeness (QED) is 0.310. The Hall–Kier alpha value is -1.66. The number of benzene rings is 2. The van der Waals surface area contributed by atoms with Gasteiger partial charge in [-0.1, -0.05) is 93.3 Å². The SMILES string of the molecule is CCCCCCC(CCC=O)P(=O)(c1ccccc1)c1ccccc1. The Morgan fingerprint density at radius 3 is 1.88 bits per heavy atom. The number of unbranched alkanes of at least 4 members (excludes halogenated alkanes) is 3. The zero-order chi connectivity index (χ0) is 18.0. The molecular weight excluding hydrogens is 327 g/mol. The van der Waals surface area contributed by atoms with Gasteiger partial charge in [-0.2, -0.15) is 0 Å². The lowest BCUT2D eigenvalue weighted by Gasteiger charge is -2.28. The molecule has 0 fully saturated rings. The van der Waals surface area contributed by atoms with Crippen molar-refractivity contribution in [1.29, 1.82) is 0 Å². The fourth-order valence-electron chi connectivity index (χ4n) is 3.44. The van der Waals surface area contributed by atoms with E-state index in [9.17, 15) is 9.36 Å². The summed E-state index contributed by atoms with van der Waals surface area (Å²) in [6.45, 7) is 2.20. The number of hydrogen-bond donors (Lipinski definition) is 0. The molecule has 0 N–H and O–H groups in total. The molecule has 2 aromatic rings. The van der Waals surface area contributed by atoms with Gasteiger partial charge < -0.3 is 9.36 Å². The van der Waals surface area contributed by atoms with E-state index in [1.54, 1.807) is 0 Å². The van der Waals surface area contributed by atoms with Gasteiger partial charge in [0.15, 0.2) is 0 Å². The highest BCUT2D eigenvalue weighted by Crippen LogP contribution is 2.52. The van der Waals surface area contributed by atoms with Gasteiger partial charge in [-0.15, -0.1) is 0 Å². The van der Waals surface area contributed by atoms with Crippen molar-refractivity contribution < 1.29 is 9.36 Å². The molecule has 1 unspecified atom stereocenters. The first-order valence-corrected chi connectivity index (χ1v) is 11.2. The predicted molar refractivity (Wildman–Crippen MR) is 108 cm³/mol. The van der Waals surface area contributed by atoms with E-state index in [2.05, 4.69) is 6.92 Å². The van der Waals surface area contributed by atoms with E-state index in [0.29, 0.717) is 12.8 Å². The Bertz CT molecular complexity index is 623. The van der Waals surface area contributed by atoms with Gasteiger partial charge in [-0.3, -0.25) is 0 Å². The Morgan fingerprint density at radius 1 is 0.840 bits per heavy atom. The standard InChI is InChI=1S/C22H29O2P/c1-2-3-4-7-13-22(18-12-19-23)25(24,20-14-8-5-9-15-20)21-16-10-6-11-17-21/h5-6,8-11,14-17,19,22H,2-4,7,12-13,18H2,1H3. The molecule has 0 spiro atoms. The van der Waals surface area contributed by atoms with Crippen LogP contribution in [0.25, 0.3) is 0 Å². The van der Waals surface area contributed by atoms with Crippen LogP contribution in [-0.4, -0.2) is 11.9 Å². The van der Waals surface area contributed by atoms with Crippen molar-refractivity contribution in [3.8, 4) is 0 Å². The average molecular weight is 356 g/mol. The summed E-state index contributed by atoms with van der Waals surface area (Å²) >= 11 is 0. The maximum Gasteiger partial charge on any atom is 0.146 e. The molecule has 2 nitrogen and oxygen atoms in total. The van der Waals surface area contributed by atoms with Crippen LogP contribution < -0.4 is 10.6 Å². The van der Waals surface area contributed by atoms with Crippen LogP contribution in [0.4, 0.5) is 0 Å². The minimum absolute atomic E-state index is 0.0272. The number of hydrogen-bond acceptors (Lipinski definition) is 2. The molecule has 0 saturated heterocycles. The summed E-state index contributed by atoms with van der Waals surface area (Å²) in [5.74, 6) is 0. The van der Waals surface area contributed by atoms with Crippen LogP contribution in [0.2, 0.25) is 0 Å². The third-order valence-electron chi connectivity index (χ3n) is 4.80. The lowest BCUT2D eigenvalue weighted by atomic mass is 10.1. The van der Waals surface area contributed by atoms with E-state index in [1.807, 2.05) is 60.7 Å². The topological polar surface area (TPSA) is 34.1 Å². The molecule has 3 heteroatoms. The Labute approximate surface area is 152 Å². The van der Waals surface area contributed by atoms with Crippen LogP contribution in [0, 0.1) is 0 Å². The Morgan fingerprint density at radius 2 is 1.40 bits per heavy atom. The minimum Gasteiger partial charge on any atom is -0.313 e. The monoisotopic (exact) mass is 356 g/mol. The molecule has 134 valence electrons. The summed E-state index contributed by atoms with van der Waals surface area (Å²) in [7, 11) is -2.77. The second kappa shape index (κ2) is 10.4. The molecule has 0 aromatic heterocycles. The molecule has 0 aliphatic heterocycles. The largest absolute Gasteiger partial charge is 0.313 e. The van der Waals surface area contributed by atoms with Crippen LogP contribution >= 0.6 is 7.14 Å². The molecule has 0 aliphatic rings. The van der Waals surface area contributed by atoms with E-state index in [0.717, 1.165) is 36.2 Å². The highest BCUT2D eigenvalue weighted by atomic mass is 31.2. The van der Waals surface area contributed by atoms with Gasteiger partial charge in [0.05, 0.1) is 0 Å². The Kier molecular flexibility index (Phi) is 8.15. The van der Waals surface area contributed by atoms with Gasteiger partial charge >= 0.3 is 0 Å². The molecule has 0 aliphatic carbocycles. The zero-order valence-electron chi connectivity index (χ0n) is 15.1. The highest BCUT2D eigenvalue weighted by molar-refractivity contribution is 7.79. The molecule has 0 saturated carbocycles. The predicted octanol–water partition coefficient (Wildman–Crippen LogP) is 5.32. The fourth-order valence-corrected chi connectivity index (χ4v) is 6.88. The van der Waals surface area contributed by atoms with Crippen LogP contribution in [0.5, 0.6) is 0 Å². The third-order valence-corrected chi connectivity index (χ3v) is 8.48. The highest BCUT2D eigenvalue weighted by Gasteiger charge is 2.35. The van der Waals surface area contributed by atoms with E-state index in [1.165, 1.54) is 12.8 Å². The maximum absolute atomic E-state index is 14.4. The second-order valence-electron chi connectivity index (χ2n) is 6.58. The molecular formula is C22H29O2P. The summed E-state index contributed by atoms with van der Waals surface area (Å²) in [6, 6.07) is 19.7. The molecule has 2 rings (SSSR count). The number of rotatable bonds is 11. The molecule has 0 heterocycles. The zero-order valence-corrected chi connectivity index (χ0v) is 16.0. The van der Waals surface area contributed by atoms with Crippen LogP contribution in [0.1, 0.15) is 51.9 Å². The van der Waals surface area contributed by atoms with Crippen molar-refractivity contribution >= 4 is 24.0 Å². The van der Waals surface area contributed by atoms with Crippen molar-refractivity contribution in [1.82, 2.24) is 0 Å². The van der Waals surface area contributed by atoms with Gasteiger partial charge in [0.1, 0.15) is 13.4 Å². The fraction of sp³-hybridized carbons (Fsp3) is 0.409. The van der Waals surface area contributed by atoms with Crippen LogP contribution in [0.3, 0.4) is 0 Å². The smallest absolute Gasteiger partial charge is 0.146 e. The van der Waals surface area contributed by atoms with Crippen LogP contribution in [0.15, 0.2) is 60.7 Å². The normalized spacial score (nSPS) is 12.7. The van der Waals surface area contributed by atoms with Crippen LogP contribution in [-0.2, 0) is 9.36 Å². The van der Waals surface area contributed by atoms with E-state index in [4.69, 9.17) is 0 Å². The average Bonchev–Trinajstić information content (AvgIpc) is 2.68. The summed E-state index contributed by atoms with van der Waals surface area (Å²) in [6.07, 6.45) is 7.67. The summed E-state index contributed by atoms with van der Waals surface area (Å²) in [5, 5.41) is 1.82. The lowest BCUT2D eigenvalue weighted by molar-refractivity contribution is -0.107. The first-order valence-electron chi connectivity index (χ1n) is 9.38. The molecule has 1 atom stereocenters. The van der Waals surface area contributed by atoms with Crippen molar-refractivity contribution in [3.05, 3.63) is 60.7 Å². The molecule has 0 radical (unpaired) electrons. The second-order valence-corrected chi connectivity index (χ2v) is 9.66. The van der Waals surface area contributed by atoms with Gasteiger partial charge in [0, 0.05) is 22.7 Å².